The summed E-state index contributed by atoms with van der Waals surface area (Å²) in [4.78, 5) is 2.31. The van der Waals surface area contributed by atoms with E-state index < -0.39 is 0 Å². The number of aromatic nitrogens is 1. The van der Waals surface area contributed by atoms with Crippen LogP contribution in [0.3, 0.4) is 0 Å². The Labute approximate surface area is 330 Å². The summed E-state index contributed by atoms with van der Waals surface area (Å²) in [7, 11) is 0. The van der Waals surface area contributed by atoms with Gasteiger partial charge in [-0.25, -0.2) is 0 Å². The molecule has 0 aliphatic rings. The largest absolute Gasteiger partial charge is 0.454 e. The molecule has 0 N–H and O–H groups in total. The molecule has 0 atom stereocenters. The van der Waals surface area contributed by atoms with E-state index in [4.69, 9.17) is 4.42 Å². The first-order valence-electron chi connectivity index (χ1n) is 19.4. The van der Waals surface area contributed by atoms with E-state index in [-0.39, 0.29) is 0 Å². The highest BCUT2D eigenvalue weighted by Crippen LogP contribution is 2.44. The van der Waals surface area contributed by atoms with Crippen molar-refractivity contribution >= 4 is 60.8 Å². The van der Waals surface area contributed by atoms with E-state index in [9.17, 15) is 0 Å². The number of hydrogen-bond acceptors (Lipinski definition) is 2. The van der Waals surface area contributed by atoms with Gasteiger partial charge in [-0.2, -0.15) is 0 Å². The fourth-order valence-corrected chi connectivity index (χ4v) is 8.61. The van der Waals surface area contributed by atoms with Crippen molar-refractivity contribution in [2.45, 2.75) is 0 Å². The standard InChI is InChI=1S/C54H36N2O/c1-2-15-37(16-3-1)38-29-33-40(34-30-38)55(52-27-14-23-48-47-22-9-13-28-53(47)57-54(48)52)41-35-31-39(32-36-41)42-17-4-5-18-43(42)44-19-6-10-24-49(44)56-50-25-11-7-20-45(50)46-21-8-12-26-51(46)56/h1-36H. The Morgan fingerprint density at radius 1 is 0.333 bits per heavy atom. The SMILES string of the molecule is c1ccc(-c2ccc(N(c3ccc(-c4ccccc4-c4ccccc4-n4c5ccccc5c5ccccc54)cc3)c3cccc4c3oc3ccccc34)cc2)cc1. The summed E-state index contributed by atoms with van der Waals surface area (Å²) < 4.78 is 9.03. The number of furan rings is 1. The quantitative estimate of drug-likeness (QED) is 0.163. The molecule has 0 amide bonds. The summed E-state index contributed by atoms with van der Waals surface area (Å²) in [6, 6.07) is 78.0. The van der Waals surface area contributed by atoms with Gasteiger partial charge in [0.15, 0.2) is 5.58 Å². The molecular weight excluding hydrogens is 693 g/mol. The highest BCUT2D eigenvalue weighted by atomic mass is 16.3. The fourth-order valence-electron chi connectivity index (χ4n) is 8.61. The molecule has 2 heterocycles. The molecule has 2 aromatic heterocycles. The highest BCUT2D eigenvalue weighted by molar-refractivity contribution is 6.11. The molecule has 0 saturated heterocycles. The second-order valence-electron chi connectivity index (χ2n) is 14.5. The predicted octanol–water partition coefficient (Wildman–Crippen LogP) is 15.2. The molecular formula is C54H36N2O. The lowest BCUT2D eigenvalue weighted by Crippen LogP contribution is -2.10. The van der Waals surface area contributed by atoms with Crippen molar-refractivity contribution in [2.24, 2.45) is 0 Å². The fraction of sp³-hybridized carbons (Fsp3) is 0. The van der Waals surface area contributed by atoms with Crippen molar-refractivity contribution < 1.29 is 4.42 Å². The molecule has 0 saturated carbocycles. The van der Waals surface area contributed by atoms with Crippen LogP contribution >= 0.6 is 0 Å². The molecule has 3 heteroatoms. The molecule has 0 fully saturated rings. The van der Waals surface area contributed by atoms with Crippen molar-refractivity contribution in [3.8, 4) is 39.1 Å². The van der Waals surface area contributed by atoms with Gasteiger partial charge in [0.1, 0.15) is 5.58 Å². The van der Waals surface area contributed by atoms with Gasteiger partial charge in [0, 0.05) is 38.5 Å². The first-order valence-corrected chi connectivity index (χ1v) is 19.4. The monoisotopic (exact) mass is 728 g/mol. The summed E-state index contributed by atoms with van der Waals surface area (Å²) in [6.07, 6.45) is 0. The molecule has 57 heavy (non-hydrogen) atoms. The normalized spacial score (nSPS) is 11.5. The van der Waals surface area contributed by atoms with Crippen molar-refractivity contribution in [2.75, 3.05) is 4.90 Å². The van der Waals surface area contributed by atoms with Crippen LogP contribution in [-0.2, 0) is 0 Å². The van der Waals surface area contributed by atoms with E-state index in [1.54, 1.807) is 0 Å². The molecule has 0 radical (unpaired) electrons. The van der Waals surface area contributed by atoms with Gasteiger partial charge < -0.3 is 13.9 Å². The third kappa shape index (κ3) is 5.51. The minimum atomic E-state index is 0.863. The maximum atomic E-state index is 6.61. The Kier molecular flexibility index (Phi) is 7.82. The number of para-hydroxylation sites is 5. The number of rotatable bonds is 7. The van der Waals surface area contributed by atoms with Gasteiger partial charge in [0.05, 0.1) is 22.4 Å². The van der Waals surface area contributed by atoms with Gasteiger partial charge >= 0.3 is 0 Å². The topological polar surface area (TPSA) is 21.3 Å². The Morgan fingerprint density at radius 3 is 1.54 bits per heavy atom. The first kappa shape index (κ1) is 32.8. The van der Waals surface area contributed by atoms with Crippen molar-refractivity contribution in [3.05, 3.63) is 218 Å². The summed E-state index contributed by atoms with van der Waals surface area (Å²) in [6.45, 7) is 0. The Morgan fingerprint density at radius 2 is 0.842 bits per heavy atom. The first-order chi connectivity index (χ1) is 28.3. The van der Waals surface area contributed by atoms with Crippen LogP contribution in [0.5, 0.6) is 0 Å². The molecule has 0 bridgehead atoms. The van der Waals surface area contributed by atoms with Crippen LogP contribution in [0.25, 0.3) is 82.8 Å². The maximum absolute atomic E-state index is 6.61. The Hall–Kier alpha value is -7.62. The number of anilines is 3. The van der Waals surface area contributed by atoms with Gasteiger partial charge in [0.2, 0.25) is 0 Å². The van der Waals surface area contributed by atoms with E-state index in [0.717, 1.165) is 50.3 Å². The summed E-state index contributed by atoms with van der Waals surface area (Å²) in [5.41, 5.74) is 15.4. The zero-order valence-electron chi connectivity index (χ0n) is 31.1. The van der Waals surface area contributed by atoms with Crippen LogP contribution in [0.4, 0.5) is 17.1 Å². The molecule has 0 aliphatic heterocycles. The third-order valence-corrected chi connectivity index (χ3v) is 11.2. The number of hydrogen-bond donors (Lipinski definition) is 0. The lowest BCUT2D eigenvalue weighted by atomic mass is 9.93. The predicted molar refractivity (Wildman–Crippen MR) is 239 cm³/mol. The molecule has 9 aromatic carbocycles. The minimum Gasteiger partial charge on any atom is -0.454 e. The Bertz CT molecular complexity index is 3170. The average molecular weight is 729 g/mol. The van der Waals surface area contributed by atoms with E-state index in [0.29, 0.717) is 0 Å². The van der Waals surface area contributed by atoms with Gasteiger partial charge in [-0.05, 0) is 82.4 Å². The van der Waals surface area contributed by atoms with Crippen LogP contribution in [0.1, 0.15) is 0 Å². The van der Waals surface area contributed by atoms with Crippen LogP contribution in [0.15, 0.2) is 223 Å². The number of fused-ring (bicyclic) bond motifs is 6. The van der Waals surface area contributed by atoms with Crippen molar-refractivity contribution in [3.63, 3.8) is 0 Å². The van der Waals surface area contributed by atoms with E-state index >= 15 is 0 Å². The zero-order chi connectivity index (χ0) is 37.7. The zero-order valence-corrected chi connectivity index (χ0v) is 31.1. The maximum Gasteiger partial charge on any atom is 0.159 e. The van der Waals surface area contributed by atoms with Gasteiger partial charge in [0.25, 0.3) is 0 Å². The molecule has 3 nitrogen and oxygen atoms in total. The lowest BCUT2D eigenvalue weighted by Gasteiger charge is -2.26. The van der Waals surface area contributed by atoms with Crippen molar-refractivity contribution in [1.82, 2.24) is 4.57 Å². The molecule has 0 unspecified atom stereocenters. The van der Waals surface area contributed by atoms with Gasteiger partial charge in [-0.15, -0.1) is 0 Å². The van der Waals surface area contributed by atoms with E-state index in [1.807, 2.05) is 12.1 Å². The van der Waals surface area contributed by atoms with Gasteiger partial charge in [-0.1, -0.05) is 164 Å². The second kappa shape index (κ2) is 13.6. The second-order valence-corrected chi connectivity index (χ2v) is 14.5. The summed E-state index contributed by atoms with van der Waals surface area (Å²) in [5, 5.41) is 4.72. The molecule has 0 spiro atoms. The van der Waals surface area contributed by atoms with E-state index in [1.165, 1.54) is 49.6 Å². The van der Waals surface area contributed by atoms with Gasteiger partial charge in [-0.3, -0.25) is 0 Å². The third-order valence-electron chi connectivity index (χ3n) is 11.2. The minimum absolute atomic E-state index is 0.863. The van der Waals surface area contributed by atoms with Crippen LogP contribution in [-0.4, -0.2) is 4.57 Å². The molecule has 11 aromatic rings. The molecule has 11 rings (SSSR count). The average Bonchev–Trinajstić information content (AvgIpc) is 3.84. The van der Waals surface area contributed by atoms with Crippen LogP contribution in [0, 0.1) is 0 Å². The lowest BCUT2D eigenvalue weighted by molar-refractivity contribution is 0.669. The summed E-state index contributed by atoms with van der Waals surface area (Å²) >= 11 is 0. The summed E-state index contributed by atoms with van der Waals surface area (Å²) in [5.74, 6) is 0. The molecule has 0 aliphatic carbocycles. The highest BCUT2D eigenvalue weighted by Gasteiger charge is 2.21. The molecule has 268 valence electrons. The van der Waals surface area contributed by atoms with Crippen molar-refractivity contribution in [1.29, 1.82) is 0 Å². The Balaban J connectivity index is 1.04. The van der Waals surface area contributed by atoms with Crippen LogP contribution < -0.4 is 4.90 Å². The van der Waals surface area contributed by atoms with Crippen LogP contribution in [0.2, 0.25) is 0 Å². The smallest absolute Gasteiger partial charge is 0.159 e. The number of benzene rings is 9. The number of nitrogens with zero attached hydrogens (tertiary/aromatic N) is 2. The van der Waals surface area contributed by atoms with E-state index in [2.05, 4.69) is 216 Å².